The van der Waals surface area contributed by atoms with Crippen LogP contribution in [-0.4, -0.2) is 42.8 Å². The fourth-order valence-corrected chi connectivity index (χ4v) is 1.86. The smallest absolute Gasteiger partial charge is 0.336 e. The Kier molecular flexibility index (Phi) is 4.01. The lowest BCUT2D eigenvalue weighted by molar-refractivity contribution is -0.150. The van der Waals surface area contributed by atoms with Crippen LogP contribution < -0.4 is 10.1 Å². The van der Waals surface area contributed by atoms with Crippen LogP contribution in [0.3, 0.4) is 0 Å². The van der Waals surface area contributed by atoms with Crippen LogP contribution in [0, 0.1) is 0 Å². The standard InChI is InChI=1S/C13H15NO5/c1-18-13(17)9(15)7-14-12(16)11-6-8-4-2-3-5-10(8)19-11/h2-5,9,11,15H,6-7H2,1H3,(H,14,16). The predicted octanol–water partition coefficient (Wildman–Crippen LogP) is -0.360. The van der Waals surface area contributed by atoms with Crippen molar-refractivity contribution in [2.24, 2.45) is 0 Å². The molecule has 6 nitrogen and oxygen atoms in total. The highest BCUT2D eigenvalue weighted by Gasteiger charge is 2.29. The summed E-state index contributed by atoms with van der Waals surface area (Å²) in [6, 6.07) is 7.40. The van der Waals surface area contributed by atoms with Crippen molar-refractivity contribution in [3.8, 4) is 5.75 Å². The topological polar surface area (TPSA) is 84.9 Å². The molecule has 6 heteroatoms. The summed E-state index contributed by atoms with van der Waals surface area (Å²) in [5, 5.41) is 11.8. The predicted molar refractivity (Wildman–Crippen MR) is 65.6 cm³/mol. The Morgan fingerprint density at radius 3 is 2.95 bits per heavy atom. The van der Waals surface area contributed by atoms with E-state index < -0.39 is 18.2 Å². The van der Waals surface area contributed by atoms with Gasteiger partial charge < -0.3 is 19.9 Å². The highest BCUT2D eigenvalue weighted by molar-refractivity contribution is 5.83. The first-order chi connectivity index (χ1) is 9.11. The molecule has 1 aliphatic heterocycles. The lowest BCUT2D eigenvalue weighted by Gasteiger charge is -2.13. The molecule has 0 fully saturated rings. The lowest BCUT2D eigenvalue weighted by atomic mass is 10.1. The molecule has 2 N–H and O–H groups in total. The van der Waals surface area contributed by atoms with E-state index in [4.69, 9.17) is 4.74 Å². The van der Waals surface area contributed by atoms with Gasteiger partial charge in [0, 0.05) is 6.42 Å². The van der Waals surface area contributed by atoms with E-state index in [0.717, 1.165) is 5.56 Å². The molecular weight excluding hydrogens is 250 g/mol. The summed E-state index contributed by atoms with van der Waals surface area (Å²) in [6.07, 6.45) is -1.50. The molecule has 1 aromatic rings. The minimum Gasteiger partial charge on any atom is -0.480 e. The van der Waals surface area contributed by atoms with Crippen molar-refractivity contribution in [3.05, 3.63) is 29.8 Å². The number of methoxy groups -OCH3 is 1. The SMILES string of the molecule is COC(=O)C(O)CNC(=O)C1Cc2ccccc2O1. The third-order valence-corrected chi connectivity index (χ3v) is 2.88. The van der Waals surface area contributed by atoms with E-state index in [2.05, 4.69) is 10.1 Å². The zero-order valence-corrected chi connectivity index (χ0v) is 10.5. The highest BCUT2D eigenvalue weighted by atomic mass is 16.5. The molecule has 0 aliphatic carbocycles. The summed E-state index contributed by atoms with van der Waals surface area (Å²) < 4.78 is 9.83. The van der Waals surface area contributed by atoms with E-state index in [1.807, 2.05) is 18.2 Å². The van der Waals surface area contributed by atoms with Gasteiger partial charge >= 0.3 is 5.97 Å². The molecule has 19 heavy (non-hydrogen) atoms. The number of nitrogens with one attached hydrogen (secondary N) is 1. The molecule has 2 atom stereocenters. The quantitative estimate of drug-likeness (QED) is 0.726. The number of aliphatic hydroxyl groups excluding tert-OH is 1. The Morgan fingerprint density at radius 1 is 1.53 bits per heavy atom. The normalized spacial score (nSPS) is 18.1. The summed E-state index contributed by atoms with van der Waals surface area (Å²) in [5.41, 5.74) is 0.969. The zero-order chi connectivity index (χ0) is 13.8. The molecule has 0 aromatic heterocycles. The number of amides is 1. The van der Waals surface area contributed by atoms with Crippen LogP contribution in [0.5, 0.6) is 5.75 Å². The number of carbonyl (C=O) groups is 2. The van der Waals surface area contributed by atoms with Gasteiger partial charge in [0.2, 0.25) is 0 Å². The molecule has 1 heterocycles. The van der Waals surface area contributed by atoms with Gasteiger partial charge in [-0.3, -0.25) is 4.79 Å². The molecular formula is C13H15NO5. The number of carbonyl (C=O) groups excluding carboxylic acids is 2. The molecule has 0 saturated carbocycles. The van der Waals surface area contributed by atoms with E-state index in [1.165, 1.54) is 7.11 Å². The van der Waals surface area contributed by atoms with E-state index >= 15 is 0 Å². The number of hydrogen-bond donors (Lipinski definition) is 2. The summed E-state index contributed by atoms with van der Waals surface area (Å²) in [5.74, 6) is -0.453. The van der Waals surface area contributed by atoms with Gasteiger partial charge in [-0.15, -0.1) is 0 Å². The average Bonchev–Trinajstić information content (AvgIpc) is 2.87. The summed E-state index contributed by atoms with van der Waals surface area (Å²) in [4.78, 5) is 22.8. The highest BCUT2D eigenvalue weighted by Crippen LogP contribution is 2.27. The number of esters is 1. The molecule has 102 valence electrons. The summed E-state index contributed by atoms with van der Waals surface area (Å²) in [7, 11) is 1.17. The first-order valence-corrected chi connectivity index (χ1v) is 5.90. The molecule has 0 bridgehead atoms. The second-order valence-electron chi connectivity index (χ2n) is 4.20. The molecule has 2 rings (SSSR count). The Balaban J connectivity index is 1.85. The maximum absolute atomic E-state index is 11.8. The second-order valence-corrected chi connectivity index (χ2v) is 4.20. The molecule has 1 aliphatic rings. The third kappa shape index (κ3) is 3.03. The number of hydrogen-bond acceptors (Lipinski definition) is 5. The maximum atomic E-state index is 11.8. The first kappa shape index (κ1) is 13.4. The van der Waals surface area contributed by atoms with E-state index in [0.29, 0.717) is 12.2 Å². The Bertz CT molecular complexity index is 463. The monoisotopic (exact) mass is 265 g/mol. The van der Waals surface area contributed by atoms with Crippen molar-refractivity contribution in [3.63, 3.8) is 0 Å². The molecule has 0 radical (unpaired) electrons. The zero-order valence-electron chi connectivity index (χ0n) is 10.5. The van der Waals surface area contributed by atoms with Crippen LogP contribution in [-0.2, 0) is 20.7 Å². The molecule has 1 amide bonds. The van der Waals surface area contributed by atoms with Crippen LogP contribution in [0.15, 0.2) is 24.3 Å². The van der Waals surface area contributed by atoms with Crippen LogP contribution in [0.2, 0.25) is 0 Å². The van der Waals surface area contributed by atoms with Gasteiger partial charge in [0.15, 0.2) is 12.2 Å². The van der Waals surface area contributed by atoms with Gasteiger partial charge in [0.05, 0.1) is 13.7 Å². The third-order valence-electron chi connectivity index (χ3n) is 2.88. The minimum absolute atomic E-state index is 0.193. The molecule has 0 spiro atoms. The largest absolute Gasteiger partial charge is 0.480 e. The molecule has 2 unspecified atom stereocenters. The van der Waals surface area contributed by atoms with Crippen LogP contribution in [0.1, 0.15) is 5.56 Å². The van der Waals surface area contributed by atoms with Gasteiger partial charge in [-0.05, 0) is 11.6 Å². The molecule has 1 aromatic carbocycles. The van der Waals surface area contributed by atoms with E-state index in [-0.39, 0.29) is 12.5 Å². The number of aliphatic hydroxyl groups is 1. The lowest BCUT2D eigenvalue weighted by Crippen LogP contribution is -2.43. The van der Waals surface area contributed by atoms with E-state index in [1.54, 1.807) is 6.07 Å². The van der Waals surface area contributed by atoms with Crippen molar-refractivity contribution < 1.29 is 24.2 Å². The summed E-state index contributed by atoms with van der Waals surface area (Å²) in [6.45, 7) is -0.193. The van der Waals surface area contributed by atoms with Crippen molar-refractivity contribution >= 4 is 11.9 Å². The van der Waals surface area contributed by atoms with Gasteiger partial charge in [0.1, 0.15) is 5.75 Å². The van der Waals surface area contributed by atoms with Crippen LogP contribution >= 0.6 is 0 Å². The van der Waals surface area contributed by atoms with Gasteiger partial charge in [0.25, 0.3) is 5.91 Å². The van der Waals surface area contributed by atoms with Gasteiger partial charge in [-0.25, -0.2) is 4.79 Å². The van der Waals surface area contributed by atoms with Crippen molar-refractivity contribution in [2.75, 3.05) is 13.7 Å². The van der Waals surface area contributed by atoms with Crippen LogP contribution in [0.25, 0.3) is 0 Å². The number of fused-ring (bicyclic) bond motifs is 1. The number of rotatable bonds is 4. The van der Waals surface area contributed by atoms with Gasteiger partial charge in [-0.2, -0.15) is 0 Å². The maximum Gasteiger partial charge on any atom is 0.336 e. The Labute approximate surface area is 110 Å². The Hall–Kier alpha value is -2.08. The number of ether oxygens (including phenoxy) is 2. The minimum atomic E-state index is -1.36. The average molecular weight is 265 g/mol. The number of benzene rings is 1. The van der Waals surface area contributed by atoms with Crippen molar-refractivity contribution in [1.29, 1.82) is 0 Å². The van der Waals surface area contributed by atoms with E-state index in [9.17, 15) is 14.7 Å². The van der Waals surface area contributed by atoms with Crippen LogP contribution in [0.4, 0.5) is 0 Å². The van der Waals surface area contributed by atoms with Crippen molar-refractivity contribution in [2.45, 2.75) is 18.6 Å². The molecule has 0 saturated heterocycles. The second kappa shape index (κ2) is 5.71. The fourth-order valence-electron chi connectivity index (χ4n) is 1.86. The first-order valence-electron chi connectivity index (χ1n) is 5.90. The van der Waals surface area contributed by atoms with Crippen molar-refractivity contribution in [1.82, 2.24) is 5.32 Å². The summed E-state index contributed by atoms with van der Waals surface area (Å²) >= 11 is 0. The fraction of sp³-hybridized carbons (Fsp3) is 0.385. The number of para-hydroxylation sites is 1. The van der Waals surface area contributed by atoms with Gasteiger partial charge in [-0.1, -0.05) is 18.2 Å². The Morgan fingerprint density at radius 2 is 2.26 bits per heavy atom.